The Hall–Kier alpha value is -1.14. The molecule has 3 aliphatic rings. The summed E-state index contributed by atoms with van der Waals surface area (Å²) in [5, 5.41) is 4.63. The van der Waals surface area contributed by atoms with Gasteiger partial charge in [-0.15, -0.1) is 0 Å². The summed E-state index contributed by atoms with van der Waals surface area (Å²) in [7, 11) is 1.80. The van der Waals surface area contributed by atoms with Gasteiger partial charge in [0.15, 0.2) is 0 Å². The number of nitrogens with zero attached hydrogens (tertiary/aromatic N) is 4. The fourth-order valence-corrected chi connectivity index (χ4v) is 4.73. The fourth-order valence-electron chi connectivity index (χ4n) is 4.73. The maximum absolute atomic E-state index is 12.6. The Morgan fingerprint density at radius 2 is 1.83 bits per heavy atom. The van der Waals surface area contributed by atoms with E-state index in [1.165, 1.54) is 25.7 Å². The number of aryl methyl sites for hydroxylation is 1. The first-order valence-electron chi connectivity index (χ1n) is 9.72. The third kappa shape index (κ3) is 3.18. The molecule has 24 heavy (non-hydrogen) atoms. The van der Waals surface area contributed by atoms with Gasteiger partial charge in [0.05, 0.1) is 6.10 Å². The van der Waals surface area contributed by atoms with Crippen molar-refractivity contribution >= 4 is 0 Å². The summed E-state index contributed by atoms with van der Waals surface area (Å²) in [4.78, 5) is 15.1. The van der Waals surface area contributed by atoms with Crippen LogP contribution in [0.4, 0.5) is 0 Å². The van der Waals surface area contributed by atoms with Crippen LogP contribution in [-0.4, -0.2) is 51.6 Å². The lowest BCUT2D eigenvalue weighted by Gasteiger charge is -2.33. The predicted molar refractivity (Wildman–Crippen MR) is 92.4 cm³/mol. The van der Waals surface area contributed by atoms with Gasteiger partial charge in [0.2, 0.25) is 0 Å². The topological polar surface area (TPSA) is 52.3 Å². The smallest absolute Gasteiger partial charge is 0.345 e. The minimum absolute atomic E-state index is 0.0821. The number of hydrogen-bond donors (Lipinski definition) is 0. The SMILES string of the molecule is Cn1nc(C2CCN(CC3CCCO3)CC2)n(C2CCCC2)c1=O. The Bertz CT molecular complexity index is 603. The standard InChI is InChI=1S/C18H30N4O2/c1-20-18(23)22(15-5-2-3-6-15)17(19-20)14-8-10-21(11-9-14)13-16-7-4-12-24-16/h14-16H,2-13H2,1H3. The van der Waals surface area contributed by atoms with Crippen LogP contribution in [0.1, 0.15) is 69.2 Å². The molecule has 4 rings (SSSR count). The maximum Gasteiger partial charge on any atom is 0.345 e. The van der Waals surface area contributed by atoms with Crippen LogP contribution >= 0.6 is 0 Å². The van der Waals surface area contributed by atoms with E-state index < -0.39 is 0 Å². The second-order valence-corrected chi connectivity index (χ2v) is 7.78. The minimum atomic E-state index is 0.0821. The van der Waals surface area contributed by atoms with E-state index in [-0.39, 0.29) is 5.69 Å². The lowest BCUT2D eigenvalue weighted by Crippen LogP contribution is -2.39. The van der Waals surface area contributed by atoms with Crippen LogP contribution < -0.4 is 5.69 Å². The Labute approximate surface area is 143 Å². The van der Waals surface area contributed by atoms with Crippen molar-refractivity contribution in [3.63, 3.8) is 0 Å². The Morgan fingerprint density at radius 1 is 1.08 bits per heavy atom. The summed E-state index contributed by atoms with van der Waals surface area (Å²) in [6.07, 6.45) is 9.83. The molecule has 0 aromatic carbocycles. The monoisotopic (exact) mass is 334 g/mol. The van der Waals surface area contributed by atoms with Gasteiger partial charge in [-0.1, -0.05) is 12.8 Å². The molecule has 1 saturated carbocycles. The Morgan fingerprint density at radius 3 is 2.50 bits per heavy atom. The van der Waals surface area contributed by atoms with Gasteiger partial charge >= 0.3 is 5.69 Å². The molecule has 2 aliphatic heterocycles. The van der Waals surface area contributed by atoms with E-state index in [1.54, 1.807) is 11.7 Å². The van der Waals surface area contributed by atoms with Gasteiger partial charge in [-0.2, -0.15) is 5.10 Å². The fraction of sp³-hybridized carbons (Fsp3) is 0.889. The molecule has 0 radical (unpaired) electrons. The van der Waals surface area contributed by atoms with E-state index in [9.17, 15) is 4.79 Å². The molecule has 0 spiro atoms. The molecule has 2 saturated heterocycles. The molecule has 1 atom stereocenters. The Kier molecular flexibility index (Phi) is 4.77. The first-order chi connectivity index (χ1) is 11.7. The average Bonchev–Trinajstić information content (AvgIpc) is 3.32. The van der Waals surface area contributed by atoms with E-state index in [0.717, 1.165) is 57.7 Å². The number of rotatable bonds is 4. The zero-order valence-corrected chi connectivity index (χ0v) is 14.8. The Balaban J connectivity index is 1.43. The summed E-state index contributed by atoms with van der Waals surface area (Å²) in [5.74, 6) is 1.48. The van der Waals surface area contributed by atoms with E-state index in [4.69, 9.17) is 4.74 Å². The highest BCUT2D eigenvalue weighted by Gasteiger charge is 2.31. The predicted octanol–water partition coefficient (Wildman–Crippen LogP) is 2.06. The highest BCUT2D eigenvalue weighted by Crippen LogP contribution is 2.33. The van der Waals surface area contributed by atoms with Crippen LogP contribution in [0.3, 0.4) is 0 Å². The summed E-state index contributed by atoms with van der Waals surface area (Å²) >= 11 is 0. The van der Waals surface area contributed by atoms with E-state index in [0.29, 0.717) is 18.1 Å². The molecular weight excluding hydrogens is 304 g/mol. The van der Waals surface area contributed by atoms with E-state index >= 15 is 0 Å². The normalized spacial score (nSPS) is 27.3. The summed E-state index contributed by atoms with van der Waals surface area (Å²) < 4.78 is 9.35. The second kappa shape index (κ2) is 7.00. The van der Waals surface area contributed by atoms with Crippen molar-refractivity contribution in [1.82, 2.24) is 19.2 Å². The largest absolute Gasteiger partial charge is 0.377 e. The van der Waals surface area contributed by atoms with Gasteiger partial charge in [-0.05, 0) is 51.6 Å². The van der Waals surface area contributed by atoms with Crippen LogP contribution in [-0.2, 0) is 11.8 Å². The molecule has 6 heteroatoms. The highest BCUT2D eigenvalue weighted by atomic mass is 16.5. The molecule has 1 aromatic heterocycles. The lowest BCUT2D eigenvalue weighted by atomic mass is 9.95. The van der Waals surface area contributed by atoms with Crippen LogP contribution in [0.25, 0.3) is 0 Å². The number of piperidine rings is 1. The van der Waals surface area contributed by atoms with Crippen LogP contribution in [0.5, 0.6) is 0 Å². The van der Waals surface area contributed by atoms with Crippen molar-refractivity contribution in [2.45, 2.75) is 69.4 Å². The average molecular weight is 334 g/mol. The van der Waals surface area contributed by atoms with Crippen molar-refractivity contribution in [3.05, 3.63) is 16.3 Å². The van der Waals surface area contributed by atoms with Gasteiger partial charge in [0.1, 0.15) is 5.82 Å². The van der Waals surface area contributed by atoms with Crippen molar-refractivity contribution < 1.29 is 4.74 Å². The van der Waals surface area contributed by atoms with Gasteiger partial charge in [-0.25, -0.2) is 9.48 Å². The first-order valence-corrected chi connectivity index (χ1v) is 9.72. The number of aromatic nitrogens is 3. The minimum Gasteiger partial charge on any atom is -0.377 e. The van der Waals surface area contributed by atoms with Crippen LogP contribution in [0, 0.1) is 0 Å². The molecular formula is C18H30N4O2. The van der Waals surface area contributed by atoms with Crippen molar-refractivity contribution in [2.24, 2.45) is 7.05 Å². The van der Waals surface area contributed by atoms with Crippen molar-refractivity contribution in [1.29, 1.82) is 0 Å². The second-order valence-electron chi connectivity index (χ2n) is 7.78. The molecule has 6 nitrogen and oxygen atoms in total. The van der Waals surface area contributed by atoms with Gasteiger partial charge in [0, 0.05) is 32.2 Å². The number of ether oxygens (including phenoxy) is 1. The van der Waals surface area contributed by atoms with Gasteiger partial charge < -0.3 is 9.64 Å². The molecule has 0 N–H and O–H groups in total. The summed E-state index contributed by atoms with van der Waals surface area (Å²) in [6, 6.07) is 0.381. The quantitative estimate of drug-likeness (QED) is 0.846. The molecule has 1 unspecified atom stereocenters. The molecule has 3 fully saturated rings. The number of hydrogen-bond acceptors (Lipinski definition) is 4. The number of likely N-dealkylation sites (tertiary alicyclic amines) is 1. The zero-order valence-electron chi connectivity index (χ0n) is 14.8. The molecule has 1 aromatic rings. The van der Waals surface area contributed by atoms with Crippen molar-refractivity contribution in [3.8, 4) is 0 Å². The molecule has 0 amide bonds. The van der Waals surface area contributed by atoms with E-state index in [1.807, 2.05) is 4.57 Å². The third-order valence-electron chi connectivity index (χ3n) is 6.11. The summed E-state index contributed by atoms with van der Waals surface area (Å²) in [6.45, 7) is 4.20. The van der Waals surface area contributed by atoms with Gasteiger partial charge in [0.25, 0.3) is 0 Å². The lowest BCUT2D eigenvalue weighted by molar-refractivity contribution is 0.0637. The van der Waals surface area contributed by atoms with Crippen LogP contribution in [0.2, 0.25) is 0 Å². The highest BCUT2D eigenvalue weighted by molar-refractivity contribution is 5.02. The molecule has 0 bridgehead atoms. The van der Waals surface area contributed by atoms with Crippen molar-refractivity contribution in [2.75, 3.05) is 26.2 Å². The molecule has 3 heterocycles. The van der Waals surface area contributed by atoms with Gasteiger partial charge in [-0.3, -0.25) is 4.57 Å². The zero-order chi connectivity index (χ0) is 16.5. The summed E-state index contributed by atoms with van der Waals surface area (Å²) in [5.41, 5.74) is 0.0821. The van der Waals surface area contributed by atoms with E-state index in [2.05, 4.69) is 10.00 Å². The maximum atomic E-state index is 12.6. The van der Waals surface area contributed by atoms with Crippen LogP contribution in [0.15, 0.2) is 4.79 Å². The first kappa shape index (κ1) is 16.3. The molecule has 134 valence electrons. The molecule has 1 aliphatic carbocycles. The third-order valence-corrected chi connectivity index (χ3v) is 6.11.